The Hall–Kier alpha value is -3.36. The van der Waals surface area contributed by atoms with Crippen LogP contribution in [-0.4, -0.2) is 42.8 Å². The van der Waals surface area contributed by atoms with Gasteiger partial charge in [-0.1, -0.05) is 48.3 Å². The van der Waals surface area contributed by atoms with Crippen LogP contribution in [0.15, 0.2) is 48.8 Å². The highest BCUT2D eigenvalue weighted by Crippen LogP contribution is 2.42. The highest BCUT2D eigenvalue weighted by atomic mass is 35.5. The zero-order chi connectivity index (χ0) is 26.2. The highest BCUT2D eigenvalue weighted by molar-refractivity contribution is 6.34. The molecule has 0 spiro atoms. The van der Waals surface area contributed by atoms with E-state index in [1.54, 1.807) is 13.0 Å². The maximum atomic E-state index is 11.1. The molecule has 1 atom stereocenters. The first-order valence-corrected chi connectivity index (χ1v) is 12.8. The predicted molar refractivity (Wildman–Crippen MR) is 142 cm³/mol. The number of carboxylic acid groups (broad SMARTS) is 1. The van der Waals surface area contributed by atoms with E-state index in [4.69, 9.17) is 42.8 Å². The fourth-order valence-electron chi connectivity index (χ4n) is 3.94. The van der Waals surface area contributed by atoms with Crippen LogP contribution in [0.2, 0.25) is 10.0 Å². The number of carboxylic acids is 1. The first kappa shape index (κ1) is 25.3. The van der Waals surface area contributed by atoms with Gasteiger partial charge in [0.15, 0.2) is 11.2 Å². The van der Waals surface area contributed by atoms with Crippen molar-refractivity contribution in [2.24, 2.45) is 5.92 Å². The minimum Gasteiger partial charge on any atom is -0.492 e. The molecule has 2 aromatic carbocycles. The Kier molecular flexibility index (Phi) is 6.96. The number of hydrogen-bond donors (Lipinski definition) is 1. The second kappa shape index (κ2) is 10.2. The molecule has 1 saturated carbocycles. The smallest absolute Gasteiger partial charge is 0.306 e. The number of halogens is 2. The quantitative estimate of drug-likeness (QED) is 0.253. The van der Waals surface area contributed by atoms with Crippen LogP contribution in [0.5, 0.6) is 11.6 Å². The van der Waals surface area contributed by atoms with Gasteiger partial charge in [-0.15, -0.1) is 0 Å². The third kappa shape index (κ3) is 5.50. The summed E-state index contributed by atoms with van der Waals surface area (Å²) in [6.07, 6.45) is 3.76. The van der Waals surface area contributed by atoms with E-state index in [0.717, 1.165) is 18.4 Å². The lowest BCUT2D eigenvalue weighted by Gasteiger charge is -2.14. The van der Waals surface area contributed by atoms with E-state index in [-0.39, 0.29) is 12.2 Å². The standard InChI is InChI=1S/C27H26Cl2N4O4/c1-16(26(34)35)9-12-36-20-8-4-7-19(21(20)29)23-32-22-24(30-15-31-25(22)37-27(2)10-11-27)33(23)14-17-5-3-6-18(28)13-17/h3-8,13,15-16H,9-12,14H2,1-2H3,(H,34,35)/t16-/m0/s1. The van der Waals surface area contributed by atoms with Gasteiger partial charge < -0.3 is 19.1 Å². The molecule has 1 aliphatic rings. The zero-order valence-electron chi connectivity index (χ0n) is 20.4. The van der Waals surface area contributed by atoms with Gasteiger partial charge in [-0.25, -0.2) is 9.97 Å². The van der Waals surface area contributed by atoms with Crippen molar-refractivity contribution in [3.05, 3.63) is 64.4 Å². The second-order valence-corrected chi connectivity index (χ2v) is 10.4. The van der Waals surface area contributed by atoms with Crippen LogP contribution in [0.3, 0.4) is 0 Å². The minimum atomic E-state index is -0.864. The van der Waals surface area contributed by atoms with Crippen LogP contribution < -0.4 is 9.47 Å². The van der Waals surface area contributed by atoms with Gasteiger partial charge in [0.2, 0.25) is 5.88 Å². The average Bonchev–Trinajstić information content (AvgIpc) is 3.48. The van der Waals surface area contributed by atoms with Crippen molar-refractivity contribution in [1.82, 2.24) is 19.5 Å². The molecule has 0 saturated heterocycles. The number of aliphatic carboxylic acids is 1. The van der Waals surface area contributed by atoms with Gasteiger partial charge in [0.1, 0.15) is 23.5 Å². The monoisotopic (exact) mass is 540 g/mol. The third-order valence-corrected chi connectivity index (χ3v) is 7.08. The summed E-state index contributed by atoms with van der Waals surface area (Å²) < 4.78 is 14.0. The topological polar surface area (TPSA) is 99.4 Å². The number of ether oxygens (including phenoxy) is 2. The van der Waals surface area contributed by atoms with E-state index in [9.17, 15) is 4.79 Å². The van der Waals surface area contributed by atoms with Gasteiger partial charge in [0, 0.05) is 10.6 Å². The Morgan fingerprint density at radius 1 is 1.19 bits per heavy atom. The highest BCUT2D eigenvalue weighted by Gasteiger charge is 2.41. The van der Waals surface area contributed by atoms with Crippen molar-refractivity contribution in [3.63, 3.8) is 0 Å². The zero-order valence-corrected chi connectivity index (χ0v) is 22.0. The van der Waals surface area contributed by atoms with E-state index in [0.29, 0.717) is 57.2 Å². The number of aromatic nitrogens is 4. The number of hydrogen-bond acceptors (Lipinski definition) is 6. The largest absolute Gasteiger partial charge is 0.492 e. The van der Waals surface area contributed by atoms with Gasteiger partial charge in [-0.3, -0.25) is 4.79 Å². The molecule has 1 fully saturated rings. The van der Waals surface area contributed by atoms with Crippen molar-refractivity contribution in [3.8, 4) is 23.0 Å². The predicted octanol–water partition coefficient (Wildman–Crippen LogP) is 6.27. The second-order valence-electron chi connectivity index (χ2n) is 9.55. The molecular weight excluding hydrogens is 515 g/mol. The summed E-state index contributed by atoms with van der Waals surface area (Å²) in [5, 5.41) is 10.1. The normalized spacial score (nSPS) is 14.9. The fourth-order valence-corrected chi connectivity index (χ4v) is 4.42. The molecule has 4 aromatic rings. The summed E-state index contributed by atoms with van der Waals surface area (Å²) in [5.41, 5.74) is 2.53. The summed E-state index contributed by atoms with van der Waals surface area (Å²) in [6.45, 7) is 4.35. The number of rotatable bonds is 10. The maximum Gasteiger partial charge on any atom is 0.306 e. The van der Waals surface area contributed by atoms with E-state index in [2.05, 4.69) is 9.97 Å². The number of benzene rings is 2. The van der Waals surface area contributed by atoms with Crippen molar-refractivity contribution in [1.29, 1.82) is 0 Å². The Labute approximate surface area is 224 Å². The molecule has 2 aromatic heterocycles. The van der Waals surface area contributed by atoms with Crippen LogP contribution in [-0.2, 0) is 11.3 Å². The van der Waals surface area contributed by atoms with E-state index >= 15 is 0 Å². The number of carbonyl (C=O) groups is 1. The van der Waals surface area contributed by atoms with Crippen molar-refractivity contribution >= 4 is 40.3 Å². The van der Waals surface area contributed by atoms with Gasteiger partial charge in [-0.2, -0.15) is 4.98 Å². The first-order valence-electron chi connectivity index (χ1n) is 12.0. The number of imidazole rings is 1. The van der Waals surface area contributed by atoms with Gasteiger partial charge in [0.05, 0.1) is 24.1 Å². The Bertz CT molecular complexity index is 1470. The van der Waals surface area contributed by atoms with Crippen molar-refractivity contribution in [2.75, 3.05) is 6.61 Å². The van der Waals surface area contributed by atoms with E-state index in [1.165, 1.54) is 6.33 Å². The van der Waals surface area contributed by atoms with Crippen molar-refractivity contribution < 1.29 is 19.4 Å². The summed E-state index contributed by atoms with van der Waals surface area (Å²) in [4.78, 5) is 25.0. The molecule has 37 heavy (non-hydrogen) atoms. The van der Waals surface area contributed by atoms with Crippen LogP contribution in [0.4, 0.5) is 0 Å². The average molecular weight is 541 g/mol. The SMILES string of the molecule is C[C@@H](CCOc1cccc(-c2nc3c(OC4(C)CC4)ncnc3n2Cc2cccc(Cl)c2)c1Cl)C(=O)O. The van der Waals surface area contributed by atoms with Gasteiger partial charge >= 0.3 is 5.97 Å². The number of fused-ring (bicyclic) bond motifs is 1. The molecule has 0 bridgehead atoms. The van der Waals surface area contributed by atoms with Gasteiger partial charge in [0.25, 0.3) is 0 Å². The van der Waals surface area contributed by atoms with Gasteiger partial charge in [-0.05, 0) is 56.0 Å². The molecule has 192 valence electrons. The summed E-state index contributed by atoms with van der Waals surface area (Å²) >= 11 is 13.1. The Morgan fingerprint density at radius 3 is 2.70 bits per heavy atom. The Morgan fingerprint density at radius 2 is 1.97 bits per heavy atom. The van der Waals surface area contributed by atoms with Crippen LogP contribution in [0.25, 0.3) is 22.6 Å². The lowest BCUT2D eigenvalue weighted by atomic mass is 10.1. The molecule has 1 N–H and O–H groups in total. The molecule has 0 aliphatic heterocycles. The lowest BCUT2D eigenvalue weighted by molar-refractivity contribution is -0.141. The maximum absolute atomic E-state index is 11.1. The van der Waals surface area contributed by atoms with E-state index in [1.807, 2.05) is 47.9 Å². The molecule has 0 unspecified atom stereocenters. The molecule has 8 nitrogen and oxygen atoms in total. The van der Waals surface area contributed by atoms with Crippen LogP contribution in [0.1, 0.15) is 38.7 Å². The molecular formula is C27H26Cl2N4O4. The third-order valence-electron chi connectivity index (χ3n) is 6.46. The van der Waals surface area contributed by atoms with Crippen molar-refractivity contribution in [2.45, 2.75) is 45.3 Å². The van der Waals surface area contributed by atoms with Crippen LogP contribution >= 0.6 is 23.2 Å². The lowest BCUT2D eigenvalue weighted by Crippen LogP contribution is -2.13. The molecule has 0 amide bonds. The molecule has 10 heteroatoms. The summed E-state index contributed by atoms with van der Waals surface area (Å²) in [6, 6.07) is 13.0. The number of nitrogens with zero attached hydrogens (tertiary/aromatic N) is 4. The molecule has 1 aliphatic carbocycles. The molecule has 5 rings (SSSR count). The fraction of sp³-hybridized carbons (Fsp3) is 0.333. The Balaban J connectivity index is 1.57. The summed E-state index contributed by atoms with van der Waals surface area (Å²) in [7, 11) is 0. The summed E-state index contributed by atoms with van der Waals surface area (Å²) in [5.74, 6) is 0.0793. The molecule has 2 heterocycles. The van der Waals surface area contributed by atoms with E-state index < -0.39 is 11.9 Å². The first-order chi connectivity index (χ1) is 17.7. The molecule has 0 radical (unpaired) electrons. The minimum absolute atomic E-state index is 0.220. The van der Waals surface area contributed by atoms with Crippen LogP contribution in [0, 0.1) is 5.92 Å².